The number of pyridine rings is 1. The Balaban J connectivity index is 1.87. The number of para-hydroxylation sites is 1. The largest absolute Gasteiger partial charge is 0.338 e. The molecular formula is C19H21N3O2. The number of carbonyl (C=O) groups excluding carboxylic acids is 2. The third kappa shape index (κ3) is 2.89. The van der Waals surface area contributed by atoms with Crippen molar-refractivity contribution >= 4 is 17.5 Å². The highest BCUT2D eigenvalue weighted by atomic mass is 16.2. The van der Waals surface area contributed by atoms with Crippen molar-refractivity contribution in [2.45, 2.75) is 20.3 Å². The zero-order valence-corrected chi connectivity index (χ0v) is 14.0. The van der Waals surface area contributed by atoms with Gasteiger partial charge in [-0.2, -0.15) is 0 Å². The van der Waals surface area contributed by atoms with E-state index in [4.69, 9.17) is 0 Å². The van der Waals surface area contributed by atoms with Crippen LogP contribution in [0.5, 0.6) is 0 Å². The van der Waals surface area contributed by atoms with Gasteiger partial charge in [-0.1, -0.05) is 24.3 Å². The van der Waals surface area contributed by atoms with E-state index >= 15 is 0 Å². The summed E-state index contributed by atoms with van der Waals surface area (Å²) in [6, 6.07) is 12.9. The Hall–Kier alpha value is -2.69. The summed E-state index contributed by atoms with van der Waals surface area (Å²) in [7, 11) is 0. The summed E-state index contributed by atoms with van der Waals surface area (Å²) in [5.41, 5.74) is 2.73. The van der Waals surface area contributed by atoms with Crippen LogP contribution in [0.4, 0.5) is 5.69 Å². The second kappa shape index (κ2) is 6.83. The molecule has 1 aliphatic rings. The number of anilines is 1. The Bertz CT molecular complexity index is 769. The maximum absolute atomic E-state index is 12.8. The third-order valence-electron chi connectivity index (χ3n) is 4.37. The molecular weight excluding hydrogens is 302 g/mol. The zero-order valence-electron chi connectivity index (χ0n) is 14.0. The topological polar surface area (TPSA) is 53.5 Å². The molecule has 1 aromatic heterocycles. The molecule has 2 aromatic rings. The van der Waals surface area contributed by atoms with Crippen molar-refractivity contribution in [2.75, 3.05) is 24.5 Å². The Labute approximate surface area is 141 Å². The van der Waals surface area contributed by atoms with E-state index in [0.717, 1.165) is 12.1 Å². The van der Waals surface area contributed by atoms with Crippen LogP contribution in [0.3, 0.4) is 0 Å². The first-order valence-electron chi connectivity index (χ1n) is 8.31. The van der Waals surface area contributed by atoms with Gasteiger partial charge in [0.05, 0.1) is 0 Å². The van der Waals surface area contributed by atoms with Gasteiger partial charge in [-0.3, -0.25) is 9.59 Å². The minimum Gasteiger partial charge on any atom is -0.338 e. The molecule has 1 aromatic carbocycles. The first-order valence-corrected chi connectivity index (χ1v) is 8.31. The average Bonchev–Trinajstić information content (AvgIpc) is 3.06. The van der Waals surface area contributed by atoms with Gasteiger partial charge in [-0.25, -0.2) is 4.98 Å². The van der Waals surface area contributed by atoms with Crippen LogP contribution in [0.1, 0.15) is 40.4 Å². The van der Waals surface area contributed by atoms with E-state index in [9.17, 15) is 9.59 Å². The molecule has 5 heteroatoms. The Kier molecular flexibility index (Phi) is 4.60. The minimum atomic E-state index is -0.158. The predicted octanol–water partition coefficient (Wildman–Crippen LogP) is 2.77. The number of amides is 2. The lowest BCUT2D eigenvalue weighted by Crippen LogP contribution is -2.33. The lowest BCUT2D eigenvalue weighted by molar-refractivity contribution is 0.0767. The number of nitrogens with zero attached hydrogens (tertiary/aromatic N) is 3. The van der Waals surface area contributed by atoms with Gasteiger partial charge < -0.3 is 9.80 Å². The summed E-state index contributed by atoms with van der Waals surface area (Å²) in [6.45, 7) is 5.74. The van der Waals surface area contributed by atoms with Gasteiger partial charge in [-0.15, -0.1) is 0 Å². The molecule has 5 nitrogen and oxygen atoms in total. The van der Waals surface area contributed by atoms with Gasteiger partial charge in [0.25, 0.3) is 11.8 Å². The Morgan fingerprint density at radius 1 is 1.04 bits per heavy atom. The van der Waals surface area contributed by atoms with E-state index in [1.165, 1.54) is 5.56 Å². The van der Waals surface area contributed by atoms with Crippen LogP contribution in [0.15, 0.2) is 42.5 Å². The van der Waals surface area contributed by atoms with Crippen molar-refractivity contribution in [1.82, 2.24) is 9.88 Å². The third-order valence-corrected chi connectivity index (χ3v) is 4.37. The van der Waals surface area contributed by atoms with Crippen LogP contribution in [0.25, 0.3) is 0 Å². The minimum absolute atomic E-state index is 0.142. The van der Waals surface area contributed by atoms with Crippen molar-refractivity contribution in [1.29, 1.82) is 0 Å². The Morgan fingerprint density at radius 2 is 1.75 bits per heavy atom. The summed E-state index contributed by atoms with van der Waals surface area (Å²) in [6.07, 6.45) is 0.847. The number of carbonyl (C=O) groups is 2. The van der Waals surface area contributed by atoms with Crippen molar-refractivity contribution in [3.05, 3.63) is 59.4 Å². The van der Waals surface area contributed by atoms with Gasteiger partial charge in [0, 0.05) is 25.3 Å². The van der Waals surface area contributed by atoms with Crippen molar-refractivity contribution < 1.29 is 9.59 Å². The van der Waals surface area contributed by atoms with Crippen LogP contribution in [0.2, 0.25) is 0 Å². The quantitative estimate of drug-likeness (QED) is 0.869. The molecule has 1 aliphatic heterocycles. The molecule has 0 N–H and O–H groups in total. The van der Waals surface area contributed by atoms with E-state index in [0.29, 0.717) is 31.0 Å². The molecule has 0 radical (unpaired) electrons. The fourth-order valence-electron chi connectivity index (χ4n) is 3.03. The summed E-state index contributed by atoms with van der Waals surface area (Å²) >= 11 is 0. The molecule has 2 amide bonds. The summed E-state index contributed by atoms with van der Waals surface area (Å²) in [5, 5.41) is 0. The average molecular weight is 323 g/mol. The first kappa shape index (κ1) is 16.2. The van der Waals surface area contributed by atoms with Crippen LogP contribution in [-0.2, 0) is 6.42 Å². The number of benzene rings is 1. The van der Waals surface area contributed by atoms with Gasteiger partial charge in [0.15, 0.2) is 0 Å². The molecule has 0 aliphatic carbocycles. The van der Waals surface area contributed by atoms with Gasteiger partial charge >= 0.3 is 0 Å². The van der Waals surface area contributed by atoms with E-state index in [1.807, 2.05) is 38.1 Å². The SMILES string of the molecule is CCN(CC)C(=O)c1cccc(C(=O)N2CCc3ccccc32)n1. The van der Waals surface area contributed by atoms with Crippen LogP contribution in [0, 0.1) is 0 Å². The number of hydrogen-bond donors (Lipinski definition) is 0. The van der Waals surface area contributed by atoms with E-state index < -0.39 is 0 Å². The fraction of sp³-hybridized carbons (Fsp3) is 0.316. The van der Waals surface area contributed by atoms with Crippen molar-refractivity contribution in [2.24, 2.45) is 0 Å². The molecule has 0 bridgehead atoms. The molecule has 0 fully saturated rings. The zero-order chi connectivity index (χ0) is 17.1. The second-order valence-electron chi connectivity index (χ2n) is 5.72. The molecule has 0 unspecified atom stereocenters. The fourth-order valence-corrected chi connectivity index (χ4v) is 3.03. The van der Waals surface area contributed by atoms with Gasteiger partial charge in [-0.05, 0) is 44.0 Å². The monoisotopic (exact) mass is 323 g/mol. The van der Waals surface area contributed by atoms with E-state index in [-0.39, 0.29) is 11.8 Å². The maximum atomic E-state index is 12.8. The summed E-state index contributed by atoms with van der Waals surface area (Å²) < 4.78 is 0. The lowest BCUT2D eigenvalue weighted by Gasteiger charge is -2.19. The number of rotatable bonds is 4. The highest BCUT2D eigenvalue weighted by Crippen LogP contribution is 2.28. The summed E-state index contributed by atoms with van der Waals surface area (Å²) in [5.74, 6) is -0.300. The van der Waals surface area contributed by atoms with Crippen molar-refractivity contribution in [3.8, 4) is 0 Å². The highest BCUT2D eigenvalue weighted by Gasteiger charge is 2.26. The van der Waals surface area contributed by atoms with Gasteiger partial charge in [0.2, 0.25) is 0 Å². The first-order chi connectivity index (χ1) is 11.7. The molecule has 0 spiro atoms. The van der Waals surface area contributed by atoms with Gasteiger partial charge in [0.1, 0.15) is 11.4 Å². The maximum Gasteiger partial charge on any atom is 0.276 e. The molecule has 0 saturated carbocycles. The van der Waals surface area contributed by atoms with Crippen LogP contribution < -0.4 is 4.90 Å². The Morgan fingerprint density at radius 3 is 2.50 bits per heavy atom. The highest BCUT2D eigenvalue weighted by molar-refractivity contribution is 6.06. The summed E-state index contributed by atoms with van der Waals surface area (Å²) in [4.78, 5) is 33.0. The van der Waals surface area contributed by atoms with E-state index in [2.05, 4.69) is 4.98 Å². The predicted molar refractivity (Wildman–Crippen MR) is 93.3 cm³/mol. The molecule has 24 heavy (non-hydrogen) atoms. The van der Waals surface area contributed by atoms with Crippen molar-refractivity contribution in [3.63, 3.8) is 0 Å². The lowest BCUT2D eigenvalue weighted by atomic mass is 10.2. The molecule has 2 heterocycles. The molecule has 3 rings (SSSR count). The van der Waals surface area contributed by atoms with Crippen LogP contribution >= 0.6 is 0 Å². The van der Waals surface area contributed by atoms with E-state index in [1.54, 1.807) is 28.0 Å². The smallest absolute Gasteiger partial charge is 0.276 e. The number of hydrogen-bond acceptors (Lipinski definition) is 3. The normalized spacial score (nSPS) is 12.8. The molecule has 0 saturated heterocycles. The van der Waals surface area contributed by atoms with Crippen LogP contribution in [-0.4, -0.2) is 41.3 Å². The molecule has 124 valence electrons. The standard InChI is InChI=1S/C19H21N3O2/c1-3-21(4-2)18(23)15-9-7-10-16(20-15)19(24)22-13-12-14-8-5-6-11-17(14)22/h5-11H,3-4,12-13H2,1-2H3. The molecule has 0 atom stereocenters. The number of fused-ring (bicyclic) bond motifs is 1. The second-order valence-corrected chi connectivity index (χ2v) is 5.72. The number of aromatic nitrogens is 1.